The Morgan fingerprint density at radius 3 is 2.68 bits per heavy atom. The second-order valence-electron chi connectivity index (χ2n) is 6.84. The molecule has 1 N–H and O–H groups in total. The summed E-state index contributed by atoms with van der Waals surface area (Å²) >= 11 is 0. The van der Waals surface area contributed by atoms with Crippen LogP contribution >= 0.6 is 0 Å². The predicted molar refractivity (Wildman–Crippen MR) is 105 cm³/mol. The molecule has 1 aliphatic rings. The molecular weight excluding hydrogens is 358 g/mol. The fourth-order valence-corrected chi connectivity index (χ4v) is 3.37. The lowest BCUT2D eigenvalue weighted by Crippen LogP contribution is -2.42. The lowest BCUT2D eigenvalue weighted by molar-refractivity contribution is -0.142. The topological polar surface area (TPSA) is 76.1 Å². The molecule has 1 amide bonds. The summed E-state index contributed by atoms with van der Waals surface area (Å²) in [4.78, 5) is 26.1. The van der Waals surface area contributed by atoms with Crippen molar-refractivity contribution in [1.29, 1.82) is 0 Å². The zero-order chi connectivity index (χ0) is 20.1. The number of fused-ring (bicyclic) bond motifs is 1. The number of unbranched alkanes of at least 4 members (excludes halogenated alkanes) is 1. The summed E-state index contributed by atoms with van der Waals surface area (Å²) < 4.78 is 11.1. The molecule has 6 nitrogen and oxygen atoms in total. The van der Waals surface area contributed by atoms with Gasteiger partial charge in [-0.2, -0.15) is 0 Å². The molecule has 148 valence electrons. The Morgan fingerprint density at radius 1 is 1.21 bits per heavy atom. The average molecular weight is 383 g/mol. The average Bonchev–Trinajstić information content (AvgIpc) is 3.03. The molecule has 28 heavy (non-hydrogen) atoms. The highest BCUT2D eigenvalue weighted by molar-refractivity contribution is 6.00. The molecule has 3 rings (SSSR count). The zero-order valence-corrected chi connectivity index (χ0v) is 16.2. The summed E-state index contributed by atoms with van der Waals surface area (Å²) in [5, 5.41) is 9.79. The van der Waals surface area contributed by atoms with E-state index in [2.05, 4.69) is 6.92 Å². The zero-order valence-electron chi connectivity index (χ0n) is 16.2. The summed E-state index contributed by atoms with van der Waals surface area (Å²) in [6, 6.07) is 11.7. The Bertz CT molecular complexity index is 864. The SMILES string of the molecule is CCCCOc1cc(CC(C(=O)O)N2Cc3ccccc3C2=O)ccc1OC. The van der Waals surface area contributed by atoms with Gasteiger partial charge in [-0.3, -0.25) is 4.79 Å². The molecule has 1 atom stereocenters. The maximum atomic E-state index is 12.7. The smallest absolute Gasteiger partial charge is 0.326 e. The maximum absolute atomic E-state index is 12.7. The Balaban J connectivity index is 1.81. The van der Waals surface area contributed by atoms with Crippen molar-refractivity contribution in [3.05, 3.63) is 59.2 Å². The summed E-state index contributed by atoms with van der Waals surface area (Å²) in [7, 11) is 1.57. The minimum atomic E-state index is -1.02. The third kappa shape index (κ3) is 4.11. The molecule has 1 aliphatic heterocycles. The number of aliphatic carboxylic acids is 1. The van der Waals surface area contributed by atoms with Crippen LogP contribution in [0.2, 0.25) is 0 Å². The van der Waals surface area contributed by atoms with E-state index in [9.17, 15) is 14.7 Å². The molecule has 1 heterocycles. The van der Waals surface area contributed by atoms with E-state index in [1.165, 1.54) is 4.90 Å². The van der Waals surface area contributed by atoms with Gasteiger partial charge in [-0.1, -0.05) is 37.6 Å². The number of ether oxygens (including phenoxy) is 2. The van der Waals surface area contributed by atoms with E-state index in [0.29, 0.717) is 30.2 Å². The van der Waals surface area contributed by atoms with Gasteiger partial charge in [0.15, 0.2) is 11.5 Å². The highest BCUT2D eigenvalue weighted by Crippen LogP contribution is 2.31. The van der Waals surface area contributed by atoms with Crippen molar-refractivity contribution in [2.45, 2.75) is 38.8 Å². The number of rotatable bonds is 9. The molecule has 1 unspecified atom stereocenters. The molecule has 0 saturated carbocycles. The number of amides is 1. The number of hydrogen-bond acceptors (Lipinski definition) is 4. The quantitative estimate of drug-likeness (QED) is 0.671. The van der Waals surface area contributed by atoms with E-state index < -0.39 is 12.0 Å². The van der Waals surface area contributed by atoms with Gasteiger partial charge in [-0.05, 0) is 35.7 Å². The molecular formula is C22H25NO5. The van der Waals surface area contributed by atoms with E-state index in [4.69, 9.17) is 9.47 Å². The third-order valence-electron chi connectivity index (χ3n) is 4.92. The van der Waals surface area contributed by atoms with E-state index in [1.54, 1.807) is 31.4 Å². The van der Waals surface area contributed by atoms with Crippen LogP contribution in [0.4, 0.5) is 0 Å². The van der Waals surface area contributed by atoms with Crippen molar-refractivity contribution in [2.24, 2.45) is 0 Å². The van der Waals surface area contributed by atoms with Gasteiger partial charge in [-0.15, -0.1) is 0 Å². The van der Waals surface area contributed by atoms with E-state index in [0.717, 1.165) is 24.0 Å². The number of hydrogen-bond donors (Lipinski definition) is 1. The summed E-state index contributed by atoms with van der Waals surface area (Å²) in [6.45, 7) is 2.96. The normalized spacial score (nSPS) is 13.9. The van der Waals surface area contributed by atoms with Gasteiger partial charge < -0.3 is 19.5 Å². The van der Waals surface area contributed by atoms with Crippen LogP contribution in [0.5, 0.6) is 11.5 Å². The van der Waals surface area contributed by atoms with Crippen LogP contribution in [0.25, 0.3) is 0 Å². The highest BCUT2D eigenvalue weighted by Gasteiger charge is 2.36. The number of carbonyl (C=O) groups is 2. The van der Waals surface area contributed by atoms with Crippen molar-refractivity contribution in [1.82, 2.24) is 4.90 Å². The van der Waals surface area contributed by atoms with Crippen molar-refractivity contribution >= 4 is 11.9 Å². The van der Waals surface area contributed by atoms with Crippen LogP contribution in [-0.2, 0) is 17.8 Å². The number of benzene rings is 2. The summed E-state index contributed by atoms with van der Waals surface area (Å²) in [5.41, 5.74) is 2.22. The van der Waals surface area contributed by atoms with Crippen molar-refractivity contribution in [2.75, 3.05) is 13.7 Å². The second kappa shape index (κ2) is 8.78. The van der Waals surface area contributed by atoms with Gasteiger partial charge in [0.05, 0.1) is 13.7 Å². The lowest BCUT2D eigenvalue weighted by Gasteiger charge is -2.24. The van der Waals surface area contributed by atoms with Gasteiger partial charge >= 0.3 is 5.97 Å². The van der Waals surface area contributed by atoms with Crippen molar-refractivity contribution in [3.63, 3.8) is 0 Å². The number of nitrogens with zero attached hydrogens (tertiary/aromatic N) is 1. The Morgan fingerprint density at radius 2 is 2.00 bits per heavy atom. The van der Waals surface area contributed by atoms with Crippen LogP contribution in [0.1, 0.15) is 41.3 Å². The van der Waals surface area contributed by atoms with E-state index in [1.807, 2.05) is 18.2 Å². The first-order valence-corrected chi connectivity index (χ1v) is 9.46. The fraction of sp³-hybridized carbons (Fsp3) is 0.364. The molecule has 0 saturated heterocycles. The largest absolute Gasteiger partial charge is 0.493 e. The lowest BCUT2D eigenvalue weighted by atomic mass is 10.0. The standard InChI is InChI=1S/C22H25NO5/c1-3-4-11-28-20-13-15(9-10-19(20)27-2)12-18(22(25)26)23-14-16-7-5-6-8-17(16)21(23)24/h5-10,13,18H,3-4,11-12,14H2,1-2H3,(H,25,26). The maximum Gasteiger partial charge on any atom is 0.326 e. The molecule has 0 bridgehead atoms. The Labute approximate surface area is 164 Å². The number of carbonyl (C=O) groups excluding carboxylic acids is 1. The van der Waals surface area contributed by atoms with Crippen molar-refractivity contribution < 1.29 is 24.2 Å². The number of carboxylic acid groups (broad SMARTS) is 1. The highest BCUT2D eigenvalue weighted by atomic mass is 16.5. The van der Waals surface area contributed by atoms with Gasteiger partial charge in [0, 0.05) is 18.5 Å². The third-order valence-corrected chi connectivity index (χ3v) is 4.92. The number of methoxy groups -OCH3 is 1. The van der Waals surface area contributed by atoms with Crippen LogP contribution < -0.4 is 9.47 Å². The first-order valence-electron chi connectivity index (χ1n) is 9.46. The Hall–Kier alpha value is -3.02. The molecule has 0 fully saturated rings. The monoisotopic (exact) mass is 383 g/mol. The minimum absolute atomic E-state index is 0.198. The molecule has 2 aromatic carbocycles. The predicted octanol–water partition coefficient (Wildman–Crippen LogP) is 3.53. The van der Waals surface area contributed by atoms with Gasteiger partial charge in [0.1, 0.15) is 6.04 Å². The Kier molecular flexibility index (Phi) is 6.19. The first-order chi connectivity index (χ1) is 13.5. The second-order valence-corrected chi connectivity index (χ2v) is 6.84. The van der Waals surface area contributed by atoms with E-state index in [-0.39, 0.29) is 12.3 Å². The first kappa shape index (κ1) is 19.7. The van der Waals surface area contributed by atoms with Gasteiger partial charge in [-0.25, -0.2) is 4.79 Å². The molecule has 0 spiro atoms. The van der Waals surface area contributed by atoms with Crippen LogP contribution in [-0.4, -0.2) is 41.6 Å². The number of carboxylic acids is 1. The molecule has 2 aromatic rings. The fourth-order valence-electron chi connectivity index (χ4n) is 3.37. The summed E-state index contributed by atoms with van der Waals surface area (Å²) in [6.07, 6.45) is 2.13. The molecule has 0 aliphatic carbocycles. The molecule has 6 heteroatoms. The van der Waals surface area contributed by atoms with Crippen molar-refractivity contribution in [3.8, 4) is 11.5 Å². The van der Waals surface area contributed by atoms with Gasteiger partial charge in [0.25, 0.3) is 5.91 Å². The molecule has 0 aromatic heterocycles. The summed E-state index contributed by atoms with van der Waals surface area (Å²) in [5.74, 6) is -0.0636. The van der Waals surface area contributed by atoms with Crippen LogP contribution in [0, 0.1) is 0 Å². The molecule has 0 radical (unpaired) electrons. The van der Waals surface area contributed by atoms with E-state index >= 15 is 0 Å². The van der Waals surface area contributed by atoms with Crippen LogP contribution in [0.15, 0.2) is 42.5 Å². The van der Waals surface area contributed by atoms with Crippen LogP contribution in [0.3, 0.4) is 0 Å². The minimum Gasteiger partial charge on any atom is -0.493 e. The van der Waals surface area contributed by atoms with Gasteiger partial charge in [0.2, 0.25) is 0 Å².